The molecule has 1 saturated heterocycles. The lowest BCUT2D eigenvalue weighted by Crippen LogP contribution is -2.37. The Balaban J connectivity index is 1.55. The molecular weight excluding hydrogens is 386 g/mol. The second-order valence-corrected chi connectivity index (χ2v) is 7.18. The van der Waals surface area contributed by atoms with Crippen LogP contribution in [0.2, 0.25) is 5.02 Å². The number of amides is 1. The summed E-state index contributed by atoms with van der Waals surface area (Å²) in [4.78, 5) is 25.8. The Bertz CT molecular complexity index is 760. The zero-order valence-corrected chi connectivity index (χ0v) is 15.3. The monoisotopic (exact) mass is 406 g/mol. The lowest BCUT2D eigenvalue weighted by atomic mass is 10.2. The summed E-state index contributed by atoms with van der Waals surface area (Å²) in [6.45, 7) is 0.638. The molecule has 0 spiro atoms. The first kappa shape index (κ1) is 19.8. The standard InChI is InChI=1S/C16H21ClF2N4O4/c17-13-12(8-20-23(5-6-24)14(13)25)22-4-2-11(9-22)27-15(26)21-10-1-3-16(18,19)7-10/h8,10-11,24H,1-7,9H2,(H,21,26)/t10-,11-/m1/s1. The molecule has 0 unspecified atom stereocenters. The lowest BCUT2D eigenvalue weighted by Gasteiger charge is -2.20. The van der Waals surface area contributed by atoms with E-state index in [0.29, 0.717) is 25.2 Å². The molecule has 1 aromatic rings. The van der Waals surface area contributed by atoms with E-state index in [1.165, 1.54) is 6.20 Å². The number of alkyl carbamates (subject to hydrolysis) is 1. The number of hydrogen-bond donors (Lipinski definition) is 2. The summed E-state index contributed by atoms with van der Waals surface area (Å²) in [6.07, 6.45) is 0.416. The van der Waals surface area contributed by atoms with Crippen LogP contribution in [-0.2, 0) is 11.3 Å². The van der Waals surface area contributed by atoms with Crippen molar-refractivity contribution < 1.29 is 23.4 Å². The molecule has 2 aliphatic rings. The van der Waals surface area contributed by atoms with Crippen molar-refractivity contribution in [3.8, 4) is 0 Å². The minimum absolute atomic E-state index is 0.0169. The molecule has 2 atom stereocenters. The quantitative estimate of drug-likeness (QED) is 0.767. The van der Waals surface area contributed by atoms with Gasteiger partial charge in [-0.3, -0.25) is 4.79 Å². The molecule has 1 amide bonds. The Morgan fingerprint density at radius 3 is 2.93 bits per heavy atom. The van der Waals surface area contributed by atoms with Crippen molar-refractivity contribution in [1.29, 1.82) is 0 Å². The van der Waals surface area contributed by atoms with Gasteiger partial charge in [0.25, 0.3) is 5.56 Å². The van der Waals surface area contributed by atoms with Crippen LogP contribution in [0.5, 0.6) is 0 Å². The van der Waals surface area contributed by atoms with Crippen LogP contribution in [0.15, 0.2) is 11.0 Å². The second kappa shape index (κ2) is 7.97. The van der Waals surface area contributed by atoms with Gasteiger partial charge in [-0.25, -0.2) is 18.3 Å². The Kier molecular flexibility index (Phi) is 5.85. The molecule has 1 aliphatic heterocycles. The zero-order valence-electron chi connectivity index (χ0n) is 14.5. The number of alkyl halides is 2. The van der Waals surface area contributed by atoms with E-state index < -0.39 is 29.7 Å². The number of rotatable bonds is 5. The summed E-state index contributed by atoms with van der Waals surface area (Å²) >= 11 is 6.12. The highest BCUT2D eigenvalue weighted by Gasteiger charge is 2.40. The van der Waals surface area contributed by atoms with Crippen molar-refractivity contribution in [2.45, 2.75) is 50.3 Å². The minimum atomic E-state index is -2.73. The average Bonchev–Trinajstić information content (AvgIpc) is 3.18. The average molecular weight is 407 g/mol. The highest BCUT2D eigenvalue weighted by Crippen LogP contribution is 2.34. The zero-order chi connectivity index (χ0) is 19.6. The third-order valence-corrected chi connectivity index (χ3v) is 5.12. The lowest BCUT2D eigenvalue weighted by molar-refractivity contribution is 0.00679. The Morgan fingerprint density at radius 1 is 1.48 bits per heavy atom. The SMILES string of the molecule is O=C(N[C@@H]1CCC(F)(F)C1)O[C@@H]1CCN(c2cnn(CCO)c(=O)c2Cl)C1. The first-order valence-corrected chi connectivity index (χ1v) is 9.13. The number of aromatic nitrogens is 2. The first-order chi connectivity index (χ1) is 12.8. The van der Waals surface area contributed by atoms with Crippen molar-refractivity contribution in [3.63, 3.8) is 0 Å². The molecular formula is C16H21ClF2N4O4. The van der Waals surface area contributed by atoms with Crippen molar-refractivity contribution in [3.05, 3.63) is 21.6 Å². The van der Waals surface area contributed by atoms with Crippen LogP contribution in [0.4, 0.5) is 19.3 Å². The summed E-state index contributed by atoms with van der Waals surface area (Å²) in [5.74, 6) is -2.73. The third-order valence-electron chi connectivity index (χ3n) is 4.76. The number of aliphatic hydroxyl groups excluding tert-OH is 1. The number of ether oxygens (including phenoxy) is 1. The Morgan fingerprint density at radius 2 is 2.26 bits per heavy atom. The largest absolute Gasteiger partial charge is 0.444 e. The van der Waals surface area contributed by atoms with Crippen molar-refractivity contribution in [1.82, 2.24) is 15.1 Å². The van der Waals surface area contributed by atoms with Gasteiger partial charge in [-0.15, -0.1) is 0 Å². The van der Waals surface area contributed by atoms with Gasteiger partial charge in [-0.2, -0.15) is 5.10 Å². The van der Waals surface area contributed by atoms with E-state index in [-0.39, 0.29) is 37.4 Å². The molecule has 11 heteroatoms. The molecule has 1 aliphatic carbocycles. The highest BCUT2D eigenvalue weighted by molar-refractivity contribution is 6.33. The van der Waals surface area contributed by atoms with Gasteiger partial charge in [-0.05, 0) is 6.42 Å². The van der Waals surface area contributed by atoms with E-state index in [2.05, 4.69) is 10.4 Å². The molecule has 150 valence electrons. The van der Waals surface area contributed by atoms with Crippen LogP contribution < -0.4 is 15.8 Å². The van der Waals surface area contributed by atoms with Gasteiger partial charge in [0, 0.05) is 31.8 Å². The fourth-order valence-electron chi connectivity index (χ4n) is 3.40. The summed E-state index contributed by atoms with van der Waals surface area (Å²) in [5.41, 5.74) is -0.0784. The smallest absolute Gasteiger partial charge is 0.407 e. The number of carbonyl (C=O) groups excluding carboxylic acids is 1. The normalized spacial score (nSPS) is 24.2. The van der Waals surface area contributed by atoms with Gasteiger partial charge < -0.3 is 20.1 Å². The summed E-state index contributed by atoms with van der Waals surface area (Å²) < 4.78 is 32.7. The van der Waals surface area contributed by atoms with Gasteiger partial charge in [0.2, 0.25) is 5.92 Å². The number of nitrogens with zero attached hydrogens (tertiary/aromatic N) is 3. The molecule has 2 fully saturated rings. The molecule has 8 nitrogen and oxygen atoms in total. The number of halogens is 3. The minimum Gasteiger partial charge on any atom is -0.444 e. The summed E-state index contributed by atoms with van der Waals surface area (Å²) in [5, 5.41) is 15.4. The molecule has 0 radical (unpaired) electrons. The topological polar surface area (TPSA) is 96.7 Å². The van der Waals surface area contributed by atoms with Crippen molar-refractivity contribution >= 4 is 23.4 Å². The van der Waals surface area contributed by atoms with Gasteiger partial charge >= 0.3 is 6.09 Å². The fourth-order valence-corrected chi connectivity index (χ4v) is 3.67. The molecule has 0 aromatic carbocycles. The molecule has 2 heterocycles. The van der Waals surface area contributed by atoms with Gasteiger partial charge in [0.05, 0.1) is 31.6 Å². The van der Waals surface area contributed by atoms with Crippen LogP contribution in [0.25, 0.3) is 0 Å². The van der Waals surface area contributed by atoms with Crippen LogP contribution in [-0.4, -0.2) is 58.7 Å². The van der Waals surface area contributed by atoms with Crippen molar-refractivity contribution in [2.24, 2.45) is 0 Å². The molecule has 27 heavy (non-hydrogen) atoms. The van der Waals surface area contributed by atoms with E-state index in [4.69, 9.17) is 21.4 Å². The molecule has 0 bridgehead atoms. The van der Waals surface area contributed by atoms with Crippen molar-refractivity contribution in [2.75, 3.05) is 24.6 Å². The summed E-state index contributed by atoms with van der Waals surface area (Å²) in [7, 11) is 0. The number of hydrogen-bond acceptors (Lipinski definition) is 6. The maximum Gasteiger partial charge on any atom is 0.407 e. The van der Waals surface area contributed by atoms with Gasteiger partial charge in [0.15, 0.2) is 0 Å². The van der Waals surface area contributed by atoms with E-state index in [0.717, 1.165) is 4.68 Å². The van der Waals surface area contributed by atoms with Gasteiger partial charge in [0.1, 0.15) is 11.1 Å². The third kappa shape index (κ3) is 4.67. The Labute approximate surface area is 159 Å². The van der Waals surface area contributed by atoms with Crippen LogP contribution in [0, 0.1) is 0 Å². The predicted molar refractivity (Wildman–Crippen MR) is 93.4 cm³/mol. The van der Waals surface area contributed by atoms with E-state index in [9.17, 15) is 18.4 Å². The Hall–Kier alpha value is -1.94. The van der Waals surface area contributed by atoms with E-state index in [1.807, 2.05) is 0 Å². The molecule has 1 aromatic heterocycles. The van der Waals surface area contributed by atoms with Gasteiger partial charge in [-0.1, -0.05) is 11.6 Å². The molecule has 1 saturated carbocycles. The number of aliphatic hydroxyl groups is 1. The maximum atomic E-state index is 13.2. The highest BCUT2D eigenvalue weighted by atomic mass is 35.5. The summed E-state index contributed by atoms with van der Waals surface area (Å²) in [6, 6.07) is -0.581. The number of carbonyl (C=O) groups is 1. The van der Waals surface area contributed by atoms with Crippen LogP contribution >= 0.6 is 11.6 Å². The predicted octanol–water partition coefficient (Wildman–Crippen LogP) is 1.38. The van der Waals surface area contributed by atoms with Crippen LogP contribution in [0.1, 0.15) is 25.7 Å². The fraction of sp³-hybridized carbons (Fsp3) is 0.688. The second-order valence-electron chi connectivity index (χ2n) is 6.80. The van der Waals surface area contributed by atoms with Crippen LogP contribution in [0.3, 0.4) is 0 Å². The number of nitrogens with one attached hydrogen (secondary N) is 1. The first-order valence-electron chi connectivity index (χ1n) is 8.75. The number of anilines is 1. The molecule has 2 N–H and O–H groups in total. The molecule has 3 rings (SSSR count). The maximum absolute atomic E-state index is 13.2. The van der Waals surface area contributed by atoms with E-state index in [1.54, 1.807) is 4.90 Å². The van der Waals surface area contributed by atoms with E-state index >= 15 is 0 Å².